The first-order chi connectivity index (χ1) is 14.2. The van der Waals surface area contributed by atoms with E-state index in [9.17, 15) is 9.59 Å². The number of carbonyl (C=O) groups excluding carboxylic acids is 1. The third kappa shape index (κ3) is 4.57. The second-order valence-corrected chi connectivity index (χ2v) is 7.73. The first-order valence-electron chi connectivity index (χ1n) is 9.37. The Hall–Kier alpha value is -3.32. The molecule has 4 rings (SSSR count). The maximum atomic E-state index is 13.1. The van der Waals surface area contributed by atoms with Gasteiger partial charge in [0.1, 0.15) is 12.1 Å². The zero-order valence-electron chi connectivity index (χ0n) is 15.8. The number of amides is 1. The average molecular weight is 404 g/mol. The van der Waals surface area contributed by atoms with Gasteiger partial charge in [-0.2, -0.15) is 0 Å². The highest BCUT2D eigenvalue weighted by molar-refractivity contribution is 7.09. The van der Waals surface area contributed by atoms with E-state index in [1.165, 1.54) is 5.56 Å². The van der Waals surface area contributed by atoms with Gasteiger partial charge in [-0.05, 0) is 35.6 Å². The molecule has 7 heteroatoms. The summed E-state index contributed by atoms with van der Waals surface area (Å²) in [4.78, 5) is 28.6. The molecule has 0 saturated carbocycles. The van der Waals surface area contributed by atoms with Crippen molar-refractivity contribution in [3.05, 3.63) is 92.9 Å². The Morgan fingerprint density at radius 1 is 1.00 bits per heavy atom. The summed E-state index contributed by atoms with van der Waals surface area (Å²) in [6.07, 6.45) is 0.746. The van der Waals surface area contributed by atoms with Crippen molar-refractivity contribution in [3.63, 3.8) is 0 Å². The number of benzene rings is 2. The third-order valence-electron chi connectivity index (χ3n) is 4.71. The monoisotopic (exact) mass is 404 g/mol. The van der Waals surface area contributed by atoms with Crippen molar-refractivity contribution in [2.24, 2.45) is 0 Å². The predicted molar refractivity (Wildman–Crippen MR) is 114 cm³/mol. The molecule has 2 aromatic carbocycles. The minimum absolute atomic E-state index is 0.128. The molecule has 0 radical (unpaired) electrons. The molecule has 2 aromatic heterocycles. The molecule has 0 fully saturated rings. The maximum Gasteiger partial charge on any atom is 0.278 e. The van der Waals surface area contributed by atoms with Crippen LogP contribution in [-0.4, -0.2) is 32.3 Å². The summed E-state index contributed by atoms with van der Waals surface area (Å²) in [6.45, 7) is 0.951. The third-order valence-corrected chi connectivity index (χ3v) is 5.57. The normalized spacial score (nSPS) is 10.9. The maximum absolute atomic E-state index is 13.1. The van der Waals surface area contributed by atoms with Crippen LogP contribution in [0.2, 0.25) is 0 Å². The number of nitrogens with zero attached hydrogens (tertiary/aromatic N) is 4. The van der Waals surface area contributed by atoms with Crippen LogP contribution < -0.4 is 5.56 Å². The standard InChI is InChI=1S/C22H20N4O2S/c27-21(16-26-22(28)19-10-4-5-11-20(19)23-24-26)25(15-18-9-6-14-29-18)13-12-17-7-2-1-3-8-17/h1-11,14H,12-13,15-16H2. The van der Waals surface area contributed by atoms with Crippen molar-refractivity contribution in [1.29, 1.82) is 0 Å². The second kappa shape index (κ2) is 8.79. The minimum atomic E-state index is -0.303. The lowest BCUT2D eigenvalue weighted by atomic mass is 10.1. The molecule has 4 aromatic rings. The van der Waals surface area contributed by atoms with Crippen LogP contribution in [0.25, 0.3) is 10.9 Å². The summed E-state index contributed by atoms with van der Waals surface area (Å²) >= 11 is 1.61. The number of aromatic nitrogens is 3. The molecule has 0 aliphatic heterocycles. The van der Waals surface area contributed by atoms with E-state index in [1.807, 2.05) is 47.8 Å². The molecule has 0 atom stereocenters. The number of rotatable bonds is 7. The van der Waals surface area contributed by atoms with Crippen LogP contribution in [0.3, 0.4) is 0 Å². The van der Waals surface area contributed by atoms with E-state index in [4.69, 9.17) is 0 Å². The van der Waals surface area contributed by atoms with Gasteiger partial charge < -0.3 is 4.90 Å². The summed E-state index contributed by atoms with van der Waals surface area (Å²) in [5.41, 5.74) is 1.39. The Kier molecular flexibility index (Phi) is 5.76. The van der Waals surface area contributed by atoms with Crippen molar-refractivity contribution >= 4 is 28.1 Å². The van der Waals surface area contributed by atoms with Crippen LogP contribution >= 0.6 is 11.3 Å². The zero-order chi connectivity index (χ0) is 20.1. The Balaban J connectivity index is 1.54. The van der Waals surface area contributed by atoms with Gasteiger partial charge in [0.2, 0.25) is 5.91 Å². The van der Waals surface area contributed by atoms with Gasteiger partial charge in [0, 0.05) is 11.4 Å². The fourth-order valence-corrected chi connectivity index (χ4v) is 3.87. The van der Waals surface area contributed by atoms with Crippen LogP contribution in [0.15, 0.2) is 76.9 Å². The predicted octanol–water partition coefficient (Wildman–Crippen LogP) is 3.12. The van der Waals surface area contributed by atoms with Crippen molar-refractivity contribution in [1.82, 2.24) is 19.9 Å². The highest BCUT2D eigenvalue weighted by Crippen LogP contribution is 2.13. The van der Waals surface area contributed by atoms with Gasteiger partial charge in [0.05, 0.1) is 11.9 Å². The topological polar surface area (TPSA) is 68.1 Å². The molecule has 0 bridgehead atoms. The smallest absolute Gasteiger partial charge is 0.278 e. The van der Waals surface area contributed by atoms with Crippen molar-refractivity contribution in [3.8, 4) is 0 Å². The molecule has 0 saturated heterocycles. The summed E-state index contributed by atoms with van der Waals surface area (Å²) in [6, 6.07) is 21.1. The van der Waals surface area contributed by atoms with Crippen LogP contribution in [0.4, 0.5) is 0 Å². The zero-order valence-corrected chi connectivity index (χ0v) is 16.6. The first-order valence-corrected chi connectivity index (χ1v) is 10.3. The fourth-order valence-electron chi connectivity index (χ4n) is 3.15. The van der Waals surface area contributed by atoms with Crippen LogP contribution in [0, 0.1) is 0 Å². The lowest BCUT2D eigenvalue weighted by molar-refractivity contribution is -0.132. The highest BCUT2D eigenvalue weighted by atomic mass is 32.1. The Labute approximate surface area is 172 Å². The molecule has 0 unspecified atom stereocenters. The molecule has 0 aliphatic rings. The van der Waals surface area contributed by atoms with E-state index in [0.717, 1.165) is 16.0 Å². The lowest BCUT2D eigenvalue weighted by Crippen LogP contribution is -2.38. The van der Waals surface area contributed by atoms with Crippen molar-refractivity contribution < 1.29 is 4.79 Å². The van der Waals surface area contributed by atoms with Gasteiger partial charge in [0.15, 0.2) is 0 Å². The Morgan fingerprint density at radius 3 is 2.59 bits per heavy atom. The first kappa shape index (κ1) is 19.0. The molecule has 146 valence electrons. The molecular formula is C22H20N4O2S. The minimum Gasteiger partial charge on any atom is -0.336 e. The molecule has 0 N–H and O–H groups in total. The van der Waals surface area contributed by atoms with E-state index in [2.05, 4.69) is 10.3 Å². The van der Waals surface area contributed by atoms with E-state index in [0.29, 0.717) is 24.0 Å². The highest BCUT2D eigenvalue weighted by Gasteiger charge is 2.17. The molecular weight excluding hydrogens is 384 g/mol. The second-order valence-electron chi connectivity index (χ2n) is 6.70. The molecule has 6 nitrogen and oxygen atoms in total. The lowest BCUT2D eigenvalue weighted by Gasteiger charge is -2.22. The number of hydrogen-bond donors (Lipinski definition) is 0. The number of hydrogen-bond acceptors (Lipinski definition) is 5. The largest absolute Gasteiger partial charge is 0.336 e. The van der Waals surface area contributed by atoms with Crippen molar-refractivity contribution in [2.45, 2.75) is 19.5 Å². The van der Waals surface area contributed by atoms with Gasteiger partial charge in [-0.3, -0.25) is 9.59 Å². The Morgan fingerprint density at radius 2 is 1.79 bits per heavy atom. The molecule has 29 heavy (non-hydrogen) atoms. The van der Waals surface area contributed by atoms with E-state index >= 15 is 0 Å². The van der Waals surface area contributed by atoms with Gasteiger partial charge in [-0.25, -0.2) is 4.68 Å². The van der Waals surface area contributed by atoms with E-state index in [1.54, 1.807) is 40.5 Å². The van der Waals surface area contributed by atoms with Crippen molar-refractivity contribution in [2.75, 3.05) is 6.54 Å². The quantitative estimate of drug-likeness (QED) is 0.475. The number of thiophene rings is 1. The van der Waals surface area contributed by atoms with Gasteiger partial charge in [-0.15, -0.1) is 16.4 Å². The molecule has 1 amide bonds. The Bertz CT molecular complexity index is 1160. The number of carbonyl (C=O) groups is 1. The van der Waals surface area contributed by atoms with Crippen LogP contribution in [0.5, 0.6) is 0 Å². The van der Waals surface area contributed by atoms with Gasteiger partial charge >= 0.3 is 0 Å². The summed E-state index contributed by atoms with van der Waals surface area (Å²) in [7, 11) is 0. The summed E-state index contributed by atoms with van der Waals surface area (Å²) in [5.74, 6) is -0.152. The van der Waals surface area contributed by atoms with Crippen LogP contribution in [0.1, 0.15) is 10.4 Å². The summed E-state index contributed by atoms with van der Waals surface area (Å²) in [5, 5.41) is 10.5. The average Bonchev–Trinajstić information content (AvgIpc) is 3.27. The fraction of sp³-hybridized carbons (Fsp3) is 0.182. The van der Waals surface area contributed by atoms with Crippen LogP contribution in [-0.2, 0) is 24.3 Å². The summed E-state index contributed by atoms with van der Waals surface area (Å²) < 4.78 is 1.15. The SMILES string of the molecule is O=C(Cn1nnc2ccccc2c1=O)N(CCc1ccccc1)Cc1cccs1. The van der Waals surface area contributed by atoms with E-state index in [-0.39, 0.29) is 18.0 Å². The van der Waals surface area contributed by atoms with Gasteiger partial charge in [-0.1, -0.05) is 53.7 Å². The molecule has 2 heterocycles. The van der Waals surface area contributed by atoms with E-state index < -0.39 is 0 Å². The molecule has 0 spiro atoms. The van der Waals surface area contributed by atoms with Gasteiger partial charge in [0.25, 0.3) is 5.56 Å². The number of fused-ring (bicyclic) bond motifs is 1. The molecule has 0 aliphatic carbocycles.